The van der Waals surface area contributed by atoms with Crippen molar-refractivity contribution in [2.75, 3.05) is 45.2 Å². The second-order valence-corrected chi connectivity index (χ2v) is 9.59. The summed E-state index contributed by atoms with van der Waals surface area (Å²) in [4.78, 5) is 34.1. The average molecular weight is 464 g/mol. The Bertz CT molecular complexity index is 1060. The minimum atomic E-state index is -0.266. The molecule has 34 heavy (non-hydrogen) atoms. The quantitative estimate of drug-likeness (QED) is 0.286. The van der Waals surface area contributed by atoms with Crippen LogP contribution in [-0.2, 0) is 0 Å². The van der Waals surface area contributed by atoms with Crippen LogP contribution in [0.1, 0.15) is 54.3 Å². The lowest BCUT2D eigenvalue weighted by atomic mass is 9.92. The number of carbonyl (C=O) groups is 2. The number of hydrogen-bond acceptors (Lipinski definition) is 5. The van der Waals surface area contributed by atoms with E-state index < -0.39 is 0 Å². The van der Waals surface area contributed by atoms with E-state index in [4.69, 9.17) is 5.41 Å². The maximum atomic E-state index is 13.3. The third-order valence-electron chi connectivity index (χ3n) is 7.22. The molecule has 2 aromatic rings. The number of anilines is 1. The first-order chi connectivity index (χ1) is 16.2. The van der Waals surface area contributed by atoms with Crippen LogP contribution in [0.25, 0.3) is 10.8 Å². The fourth-order valence-corrected chi connectivity index (χ4v) is 4.31. The molecule has 1 N–H and O–H groups in total. The minimum absolute atomic E-state index is 0.181. The second kappa shape index (κ2) is 10.5. The summed E-state index contributed by atoms with van der Waals surface area (Å²) in [5.74, 6) is -0.531. The molecule has 0 aromatic heterocycles. The van der Waals surface area contributed by atoms with Crippen LogP contribution >= 0.6 is 0 Å². The molecule has 2 aromatic carbocycles. The second-order valence-electron chi connectivity index (χ2n) is 9.59. The molecule has 0 atom stereocenters. The van der Waals surface area contributed by atoms with Gasteiger partial charge in [-0.3, -0.25) is 19.9 Å². The lowest BCUT2D eigenvalue weighted by molar-refractivity contribution is 0.0596. The lowest BCUT2D eigenvalue weighted by Crippen LogP contribution is -2.44. The van der Waals surface area contributed by atoms with Gasteiger partial charge in [-0.1, -0.05) is 25.6 Å². The Morgan fingerprint density at radius 3 is 2.32 bits per heavy atom. The topological polar surface area (TPSA) is 71.0 Å². The number of nitrogens with one attached hydrogen (secondary N) is 1. The smallest absolute Gasteiger partial charge is 0.261 e. The zero-order chi connectivity index (χ0) is 25.0. The number of likely N-dealkylation sites (N-methyl/N-ethyl adjacent to an activating group) is 1. The lowest BCUT2D eigenvalue weighted by Gasteiger charge is -2.35. The minimum Gasteiger partial charge on any atom is -0.308 e. The summed E-state index contributed by atoms with van der Waals surface area (Å²) in [7, 11) is 4.19. The SMILES string of the molecule is C=CN(C=N)c1ccc2c3c(cccc13)C(=O)N(CCN(C)CCCN(C)C(C)(C)CC)C2=O. The highest BCUT2D eigenvalue weighted by molar-refractivity contribution is 6.27. The van der Waals surface area contributed by atoms with E-state index in [2.05, 4.69) is 44.2 Å². The molecule has 7 heteroatoms. The number of benzene rings is 2. The predicted octanol–water partition coefficient (Wildman–Crippen LogP) is 4.44. The number of nitrogens with zero attached hydrogens (tertiary/aromatic N) is 4. The van der Waals surface area contributed by atoms with Crippen molar-refractivity contribution in [2.24, 2.45) is 0 Å². The van der Waals surface area contributed by atoms with Gasteiger partial charge in [-0.05, 0) is 72.1 Å². The number of rotatable bonds is 12. The Kier molecular flexibility index (Phi) is 7.89. The summed E-state index contributed by atoms with van der Waals surface area (Å²) in [6.45, 7) is 13.3. The van der Waals surface area contributed by atoms with Crippen molar-refractivity contribution in [3.05, 3.63) is 54.2 Å². The van der Waals surface area contributed by atoms with Crippen molar-refractivity contribution in [1.29, 1.82) is 5.41 Å². The molecule has 0 saturated heterocycles. The molecule has 2 amide bonds. The van der Waals surface area contributed by atoms with Gasteiger partial charge in [-0.15, -0.1) is 0 Å². The summed E-state index contributed by atoms with van der Waals surface area (Å²) in [6, 6.07) is 9.02. The normalized spacial score (nSPS) is 13.8. The van der Waals surface area contributed by atoms with Gasteiger partial charge in [0.25, 0.3) is 11.8 Å². The first kappa shape index (κ1) is 25.6. The summed E-state index contributed by atoms with van der Waals surface area (Å²) < 4.78 is 0. The van der Waals surface area contributed by atoms with Gasteiger partial charge < -0.3 is 14.7 Å². The molecular formula is C27H37N5O2. The van der Waals surface area contributed by atoms with Gasteiger partial charge in [0.05, 0.1) is 12.0 Å². The molecule has 0 bridgehead atoms. The standard InChI is InChI=1S/C27H37N5O2/c1-7-27(3,4)30(6)16-10-15-29(5)17-18-32-25(33)21-12-9-11-20-23(31(8-2)19-28)14-13-22(24(20)21)26(32)34/h8-9,11-14,19,28H,2,7,10,15-18H2,1,3-6H3. The zero-order valence-corrected chi connectivity index (χ0v) is 21.1. The molecule has 1 heterocycles. The van der Waals surface area contributed by atoms with Crippen molar-refractivity contribution >= 4 is 34.6 Å². The average Bonchev–Trinajstić information content (AvgIpc) is 2.83. The highest BCUT2D eigenvalue weighted by Gasteiger charge is 2.33. The van der Waals surface area contributed by atoms with E-state index >= 15 is 0 Å². The summed E-state index contributed by atoms with van der Waals surface area (Å²) in [5.41, 5.74) is 1.94. The van der Waals surface area contributed by atoms with Crippen LogP contribution in [0.2, 0.25) is 0 Å². The highest BCUT2D eigenvalue weighted by Crippen LogP contribution is 2.35. The van der Waals surface area contributed by atoms with E-state index in [9.17, 15) is 9.59 Å². The third kappa shape index (κ3) is 4.91. The monoisotopic (exact) mass is 463 g/mol. The number of amides is 2. The molecule has 0 fully saturated rings. The first-order valence-corrected chi connectivity index (χ1v) is 11.9. The van der Waals surface area contributed by atoms with Crippen LogP contribution in [0.4, 0.5) is 5.69 Å². The third-order valence-corrected chi connectivity index (χ3v) is 7.22. The largest absolute Gasteiger partial charge is 0.308 e. The van der Waals surface area contributed by atoms with E-state index in [0.29, 0.717) is 29.6 Å². The van der Waals surface area contributed by atoms with Crippen LogP contribution in [0.5, 0.6) is 0 Å². The van der Waals surface area contributed by atoms with Crippen molar-refractivity contribution < 1.29 is 9.59 Å². The zero-order valence-electron chi connectivity index (χ0n) is 21.1. The van der Waals surface area contributed by atoms with Crippen LogP contribution in [0.3, 0.4) is 0 Å². The van der Waals surface area contributed by atoms with E-state index in [1.165, 1.54) is 11.1 Å². The van der Waals surface area contributed by atoms with Gasteiger partial charge in [0.2, 0.25) is 0 Å². The molecule has 3 rings (SSSR count). The van der Waals surface area contributed by atoms with Gasteiger partial charge in [0, 0.05) is 46.7 Å². The fourth-order valence-electron chi connectivity index (χ4n) is 4.31. The van der Waals surface area contributed by atoms with E-state index in [-0.39, 0.29) is 17.4 Å². The number of hydrogen-bond donors (Lipinski definition) is 1. The van der Waals surface area contributed by atoms with Gasteiger partial charge in [0.15, 0.2) is 0 Å². The van der Waals surface area contributed by atoms with Crippen molar-refractivity contribution in [1.82, 2.24) is 14.7 Å². The van der Waals surface area contributed by atoms with Crippen molar-refractivity contribution in [2.45, 2.75) is 39.2 Å². The maximum absolute atomic E-state index is 13.3. The molecule has 0 radical (unpaired) electrons. The summed E-state index contributed by atoms with van der Waals surface area (Å²) >= 11 is 0. The molecule has 0 unspecified atom stereocenters. The molecule has 1 aliphatic heterocycles. The predicted molar refractivity (Wildman–Crippen MR) is 140 cm³/mol. The summed E-state index contributed by atoms with van der Waals surface area (Å²) in [5, 5.41) is 9.05. The number of carbonyl (C=O) groups excluding carboxylic acids is 2. The van der Waals surface area contributed by atoms with E-state index in [1.54, 1.807) is 23.1 Å². The van der Waals surface area contributed by atoms with Gasteiger partial charge in [0.1, 0.15) is 0 Å². The molecular weight excluding hydrogens is 426 g/mol. The van der Waals surface area contributed by atoms with Gasteiger partial charge >= 0.3 is 0 Å². The van der Waals surface area contributed by atoms with E-state index in [0.717, 1.165) is 43.3 Å². The van der Waals surface area contributed by atoms with Crippen LogP contribution < -0.4 is 4.90 Å². The Morgan fingerprint density at radius 2 is 1.71 bits per heavy atom. The Balaban J connectivity index is 1.71. The van der Waals surface area contributed by atoms with Crippen molar-refractivity contribution in [3.8, 4) is 0 Å². The maximum Gasteiger partial charge on any atom is 0.261 e. The Morgan fingerprint density at radius 1 is 1.03 bits per heavy atom. The first-order valence-electron chi connectivity index (χ1n) is 11.9. The molecule has 0 saturated carbocycles. The molecule has 1 aliphatic rings. The van der Waals surface area contributed by atoms with Gasteiger partial charge in [-0.25, -0.2) is 0 Å². The van der Waals surface area contributed by atoms with Gasteiger partial charge in [-0.2, -0.15) is 0 Å². The fraction of sp³-hybridized carbons (Fsp3) is 0.444. The van der Waals surface area contributed by atoms with Crippen LogP contribution in [-0.4, -0.2) is 78.7 Å². The summed E-state index contributed by atoms with van der Waals surface area (Å²) in [6.07, 6.45) is 4.82. The Hall–Kier alpha value is -3.03. The molecule has 0 spiro atoms. The molecule has 182 valence electrons. The van der Waals surface area contributed by atoms with Crippen LogP contribution in [0, 0.1) is 5.41 Å². The Labute approximate surface area is 203 Å². The van der Waals surface area contributed by atoms with Crippen molar-refractivity contribution in [3.63, 3.8) is 0 Å². The van der Waals surface area contributed by atoms with E-state index in [1.807, 2.05) is 19.2 Å². The molecule has 7 nitrogen and oxygen atoms in total. The highest BCUT2D eigenvalue weighted by atomic mass is 16.2. The molecule has 0 aliphatic carbocycles. The van der Waals surface area contributed by atoms with Crippen LogP contribution in [0.15, 0.2) is 43.1 Å². The number of imide groups is 1.